The fourth-order valence-corrected chi connectivity index (χ4v) is 4.31. The molecule has 0 unspecified atom stereocenters. The van der Waals surface area contributed by atoms with Crippen LogP contribution in [-0.4, -0.2) is 37.1 Å². The van der Waals surface area contributed by atoms with Crippen molar-refractivity contribution in [1.82, 2.24) is 4.90 Å². The van der Waals surface area contributed by atoms with Crippen molar-refractivity contribution in [1.29, 1.82) is 0 Å². The zero-order valence-corrected chi connectivity index (χ0v) is 18.8. The Balaban J connectivity index is 1.56. The first kappa shape index (κ1) is 20.9. The van der Waals surface area contributed by atoms with Crippen molar-refractivity contribution in [2.24, 2.45) is 0 Å². The number of amides is 1. The van der Waals surface area contributed by atoms with E-state index in [0.717, 1.165) is 22.3 Å². The van der Waals surface area contributed by atoms with Gasteiger partial charge in [0, 0.05) is 30.3 Å². The molecule has 0 spiro atoms. The van der Waals surface area contributed by atoms with Gasteiger partial charge in [0.05, 0.1) is 23.8 Å². The first-order valence-electron chi connectivity index (χ1n) is 10.7. The van der Waals surface area contributed by atoms with Crippen molar-refractivity contribution >= 4 is 17.5 Å². The Labute approximate surface area is 192 Å². The Morgan fingerprint density at radius 1 is 0.844 bits per heavy atom. The van der Waals surface area contributed by atoms with Crippen LogP contribution in [0.25, 0.3) is 0 Å². The minimum absolute atomic E-state index is 0.132. The van der Waals surface area contributed by atoms with Crippen LogP contribution in [0.5, 0.6) is 11.5 Å². The van der Waals surface area contributed by atoms with Gasteiger partial charge in [-0.2, -0.15) is 0 Å². The molecule has 0 aromatic heterocycles. The van der Waals surface area contributed by atoms with Gasteiger partial charge in [-0.25, -0.2) is 0 Å². The van der Waals surface area contributed by atoms with Crippen LogP contribution in [0.2, 0.25) is 5.02 Å². The highest BCUT2D eigenvalue weighted by Gasteiger charge is 2.46. The van der Waals surface area contributed by atoms with Crippen LogP contribution in [0.3, 0.4) is 0 Å². The number of nitrogens with zero attached hydrogens (tertiary/aromatic N) is 1. The summed E-state index contributed by atoms with van der Waals surface area (Å²) in [7, 11) is 0. The topological polar surface area (TPSA) is 48.0 Å². The van der Waals surface area contributed by atoms with Crippen LogP contribution >= 0.6 is 11.6 Å². The Bertz CT molecular complexity index is 1110. The largest absolute Gasteiger partial charge is 0.440 e. The molecule has 3 aromatic rings. The molecule has 0 bridgehead atoms. The SMILES string of the molecule is Cc1ccc(C2(c3ccc(C)cc3)Oc3cc(Cl)c(C(=O)N4CCOCC4)cc3O2)cc1. The quantitative estimate of drug-likeness (QED) is 0.558. The van der Waals surface area contributed by atoms with Crippen molar-refractivity contribution in [3.63, 3.8) is 0 Å². The number of hydrogen-bond acceptors (Lipinski definition) is 4. The molecule has 32 heavy (non-hydrogen) atoms. The average Bonchev–Trinajstić information content (AvgIpc) is 3.19. The molecule has 2 aliphatic rings. The average molecular weight is 450 g/mol. The number of morpholine rings is 1. The van der Waals surface area contributed by atoms with Gasteiger partial charge in [0.15, 0.2) is 11.5 Å². The van der Waals surface area contributed by atoms with Crippen molar-refractivity contribution < 1.29 is 19.0 Å². The number of carbonyl (C=O) groups excluding carboxylic acids is 1. The molecule has 0 radical (unpaired) electrons. The highest BCUT2D eigenvalue weighted by atomic mass is 35.5. The van der Waals surface area contributed by atoms with Gasteiger partial charge >= 0.3 is 5.79 Å². The second-order valence-corrected chi connectivity index (χ2v) is 8.64. The zero-order chi connectivity index (χ0) is 22.3. The van der Waals surface area contributed by atoms with E-state index in [9.17, 15) is 4.79 Å². The highest BCUT2D eigenvalue weighted by molar-refractivity contribution is 6.34. The lowest BCUT2D eigenvalue weighted by atomic mass is 9.95. The second kappa shape index (κ2) is 8.15. The molecule has 2 aliphatic heterocycles. The van der Waals surface area contributed by atoms with Gasteiger partial charge in [-0.05, 0) is 19.9 Å². The van der Waals surface area contributed by atoms with Gasteiger partial charge in [-0.1, -0.05) is 71.3 Å². The van der Waals surface area contributed by atoms with Gasteiger partial charge in [-0.3, -0.25) is 4.79 Å². The Hall–Kier alpha value is -3.02. The minimum atomic E-state index is -1.16. The predicted octanol–water partition coefficient (Wildman–Crippen LogP) is 5.10. The first-order chi connectivity index (χ1) is 15.5. The maximum absolute atomic E-state index is 13.1. The van der Waals surface area contributed by atoms with E-state index in [4.69, 9.17) is 25.8 Å². The molecule has 0 atom stereocenters. The maximum Gasteiger partial charge on any atom is 0.305 e. The monoisotopic (exact) mass is 449 g/mol. The van der Waals surface area contributed by atoms with Crippen LogP contribution < -0.4 is 9.47 Å². The van der Waals surface area contributed by atoms with E-state index in [1.807, 2.05) is 62.4 Å². The Morgan fingerprint density at radius 3 is 1.88 bits per heavy atom. The normalized spacial score (nSPS) is 16.8. The molecule has 0 saturated carbocycles. The molecule has 1 saturated heterocycles. The maximum atomic E-state index is 13.1. The molecule has 5 nitrogen and oxygen atoms in total. The number of rotatable bonds is 3. The van der Waals surface area contributed by atoms with Crippen LogP contribution in [0.15, 0.2) is 60.7 Å². The molecule has 0 aliphatic carbocycles. The molecular weight excluding hydrogens is 426 g/mol. The van der Waals surface area contributed by atoms with E-state index in [1.54, 1.807) is 17.0 Å². The smallest absolute Gasteiger partial charge is 0.305 e. The molecule has 3 aromatic carbocycles. The molecule has 5 rings (SSSR count). The molecular formula is C26H24ClNO4. The summed E-state index contributed by atoms with van der Waals surface area (Å²) in [6, 6.07) is 19.5. The zero-order valence-electron chi connectivity index (χ0n) is 18.1. The number of halogens is 1. The third-order valence-electron chi connectivity index (χ3n) is 5.93. The summed E-state index contributed by atoms with van der Waals surface area (Å²) in [5.41, 5.74) is 4.41. The second-order valence-electron chi connectivity index (χ2n) is 8.24. The summed E-state index contributed by atoms with van der Waals surface area (Å²) in [6.45, 7) is 6.21. The molecule has 1 amide bonds. The van der Waals surface area contributed by atoms with E-state index >= 15 is 0 Å². The number of benzene rings is 3. The third kappa shape index (κ3) is 3.61. The summed E-state index contributed by atoms with van der Waals surface area (Å²) in [5, 5.41) is 0.340. The molecule has 6 heteroatoms. The first-order valence-corrected chi connectivity index (χ1v) is 11.1. The number of ether oxygens (including phenoxy) is 3. The van der Waals surface area contributed by atoms with E-state index in [2.05, 4.69) is 0 Å². The fourth-order valence-electron chi connectivity index (χ4n) is 4.07. The Morgan fingerprint density at radius 2 is 1.34 bits per heavy atom. The van der Waals surface area contributed by atoms with Crippen molar-refractivity contribution in [2.75, 3.05) is 26.3 Å². The van der Waals surface area contributed by atoms with Gasteiger partial charge < -0.3 is 19.1 Å². The lowest BCUT2D eigenvalue weighted by molar-refractivity contribution is -0.0459. The number of fused-ring (bicyclic) bond motifs is 1. The van der Waals surface area contributed by atoms with Crippen LogP contribution in [-0.2, 0) is 10.5 Å². The number of aryl methyl sites for hydroxylation is 2. The van der Waals surface area contributed by atoms with Crippen LogP contribution in [0.4, 0.5) is 0 Å². The Kier molecular flexibility index (Phi) is 5.31. The van der Waals surface area contributed by atoms with Crippen LogP contribution in [0, 0.1) is 13.8 Å². The minimum Gasteiger partial charge on any atom is -0.440 e. The summed E-state index contributed by atoms with van der Waals surface area (Å²) in [6.07, 6.45) is 0. The fraction of sp³-hybridized carbons (Fsp3) is 0.269. The molecule has 2 heterocycles. The van der Waals surface area contributed by atoms with Crippen molar-refractivity contribution in [3.05, 3.63) is 93.5 Å². The highest BCUT2D eigenvalue weighted by Crippen LogP contribution is 2.49. The van der Waals surface area contributed by atoms with E-state index < -0.39 is 5.79 Å². The lowest BCUT2D eigenvalue weighted by Gasteiger charge is -2.29. The van der Waals surface area contributed by atoms with Gasteiger partial charge in [0.2, 0.25) is 0 Å². The molecule has 0 N–H and O–H groups in total. The van der Waals surface area contributed by atoms with E-state index in [1.165, 1.54) is 0 Å². The van der Waals surface area contributed by atoms with Crippen molar-refractivity contribution in [3.8, 4) is 11.5 Å². The predicted molar refractivity (Wildman–Crippen MR) is 123 cm³/mol. The van der Waals surface area contributed by atoms with Gasteiger partial charge in [-0.15, -0.1) is 0 Å². The molecule has 164 valence electrons. The lowest BCUT2D eigenvalue weighted by Crippen LogP contribution is -2.40. The summed E-state index contributed by atoms with van der Waals surface area (Å²) in [4.78, 5) is 14.8. The summed E-state index contributed by atoms with van der Waals surface area (Å²) < 4.78 is 18.3. The van der Waals surface area contributed by atoms with E-state index in [-0.39, 0.29) is 5.91 Å². The van der Waals surface area contributed by atoms with Crippen molar-refractivity contribution in [2.45, 2.75) is 19.6 Å². The number of hydrogen-bond donors (Lipinski definition) is 0. The van der Waals surface area contributed by atoms with E-state index in [0.29, 0.717) is 48.4 Å². The molecule has 1 fully saturated rings. The standard InChI is InChI=1S/C26H24ClNO4/c1-17-3-7-19(8-4-17)26(20-9-5-18(2)6-10-20)31-23-15-21(22(27)16-24(23)32-26)25(29)28-11-13-30-14-12-28/h3-10,15-16H,11-14H2,1-2H3. The van der Waals surface area contributed by atoms with Gasteiger partial charge in [0.25, 0.3) is 5.91 Å². The third-order valence-corrected chi connectivity index (χ3v) is 6.25. The number of carbonyl (C=O) groups is 1. The van der Waals surface area contributed by atoms with Gasteiger partial charge in [0.1, 0.15) is 0 Å². The van der Waals surface area contributed by atoms with Crippen LogP contribution in [0.1, 0.15) is 32.6 Å². The summed E-state index contributed by atoms with van der Waals surface area (Å²) in [5.74, 6) is -0.289. The summed E-state index contributed by atoms with van der Waals surface area (Å²) >= 11 is 6.53.